The van der Waals surface area contributed by atoms with Crippen LogP contribution in [0.4, 0.5) is 4.39 Å². The summed E-state index contributed by atoms with van der Waals surface area (Å²) in [5.41, 5.74) is 0.933. The summed E-state index contributed by atoms with van der Waals surface area (Å²) in [6.07, 6.45) is 0.241. The molecule has 0 aromatic heterocycles. The summed E-state index contributed by atoms with van der Waals surface area (Å²) in [4.78, 5) is 14.2. The monoisotopic (exact) mass is 383 g/mol. The number of halogens is 1. The molecule has 0 N–H and O–H groups in total. The zero-order valence-corrected chi connectivity index (χ0v) is 15.3. The van der Waals surface area contributed by atoms with E-state index in [4.69, 9.17) is 0 Å². The molecule has 0 saturated carbocycles. The maximum absolute atomic E-state index is 13.0. The third-order valence-corrected chi connectivity index (χ3v) is 7.11. The number of rotatable bonds is 4. The van der Waals surface area contributed by atoms with Gasteiger partial charge in [0.2, 0.25) is 5.91 Å². The Bertz CT molecular complexity index is 1100. The van der Waals surface area contributed by atoms with E-state index in [9.17, 15) is 17.6 Å². The van der Waals surface area contributed by atoms with Gasteiger partial charge in [-0.05, 0) is 40.6 Å². The molecule has 0 aliphatic carbocycles. The number of carbonyl (C=O) groups excluding carboxylic acids is 1. The summed E-state index contributed by atoms with van der Waals surface area (Å²) in [5.74, 6) is -0.564. The minimum absolute atomic E-state index is 0.0862. The molecule has 138 valence electrons. The molecule has 1 heterocycles. The Morgan fingerprint density at radius 2 is 1.63 bits per heavy atom. The van der Waals surface area contributed by atoms with Gasteiger partial charge in [0.05, 0.1) is 11.3 Å². The average Bonchev–Trinajstić information content (AvgIpc) is 2.61. The van der Waals surface area contributed by atoms with E-state index < -0.39 is 20.9 Å². The van der Waals surface area contributed by atoms with Crippen molar-refractivity contribution in [1.82, 2.24) is 4.90 Å². The van der Waals surface area contributed by atoms with Gasteiger partial charge >= 0.3 is 0 Å². The fourth-order valence-corrected chi connectivity index (χ4v) is 5.03. The molecule has 4 nitrogen and oxygen atoms in total. The van der Waals surface area contributed by atoms with Crippen molar-refractivity contribution in [3.05, 3.63) is 78.1 Å². The molecule has 1 aliphatic heterocycles. The van der Waals surface area contributed by atoms with Crippen LogP contribution in [-0.4, -0.2) is 37.6 Å². The summed E-state index contributed by atoms with van der Waals surface area (Å²) in [7, 11) is -3.55. The summed E-state index contributed by atoms with van der Waals surface area (Å²) >= 11 is 0. The highest BCUT2D eigenvalue weighted by atomic mass is 32.2. The highest BCUT2D eigenvalue weighted by molar-refractivity contribution is 7.92. The number of fused-ring (bicyclic) bond motifs is 1. The van der Waals surface area contributed by atoms with Gasteiger partial charge in [-0.3, -0.25) is 4.79 Å². The Labute approximate surface area is 157 Å². The Morgan fingerprint density at radius 3 is 2.37 bits per heavy atom. The van der Waals surface area contributed by atoms with Crippen molar-refractivity contribution in [2.24, 2.45) is 0 Å². The van der Waals surface area contributed by atoms with Crippen LogP contribution in [0.3, 0.4) is 0 Å². The largest absolute Gasteiger partial charge is 0.340 e. The van der Waals surface area contributed by atoms with Crippen LogP contribution in [-0.2, 0) is 21.1 Å². The molecule has 4 rings (SSSR count). The van der Waals surface area contributed by atoms with Crippen LogP contribution < -0.4 is 0 Å². The first-order valence-corrected chi connectivity index (χ1v) is 10.2. The molecule has 27 heavy (non-hydrogen) atoms. The first-order valence-electron chi connectivity index (χ1n) is 8.69. The second kappa shape index (κ2) is 6.78. The normalized spacial score (nSPS) is 14.9. The van der Waals surface area contributed by atoms with Gasteiger partial charge in [0.25, 0.3) is 0 Å². The van der Waals surface area contributed by atoms with E-state index in [0.29, 0.717) is 0 Å². The van der Waals surface area contributed by atoms with Crippen molar-refractivity contribution in [1.29, 1.82) is 0 Å². The molecule has 1 fully saturated rings. The predicted octanol–water partition coefficient (Wildman–Crippen LogP) is 3.21. The molecule has 3 aromatic rings. The second-order valence-electron chi connectivity index (χ2n) is 6.73. The lowest BCUT2D eigenvalue weighted by molar-refractivity contribution is -0.133. The van der Waals surface area contributed by atoms with Crippen LogP contribution in [0.25, 0.3) is 10.8 Å². The van der Waals surface area contributed by atoms with E-state index in [0.717, 1.165) is 28.5 Å². The molecule has 0 spiro atoms. The Balaban J connectivity index is 1.45. The van der Waals surface area contributed by atoms with E-state index in [1.54, 1.807) is 4.90 Å². The van der Waals surface area contributed by atoms with Gasteiger partial charge in [-0.25, -0.2) is 12.8 Å². The maximum atomic E-state index is 13.0. The summed E-state index contributed by atoms with van der Waals surface area (Å²) in [5, 5.41) is 1.46. The maximum Gasteiger partial charge on any atom is 0.227 e. The van der Waals surface area contributed by atoms with Gasteiger partial charge in [-0.1, -0.05) is 42.5 Å². The number of amides is 1. The summed E-state index contributed by atoms with van der Waals surface area (Å²) in [6, 6.07) is 18.5. The molecule has 0 radical (unpaired) electrons. The van der Waals surface area contributed by atoms with Crippen molar-refractivity contribution in [3.8, 4) is 0 Å². The van der Waals surface area contributed by atoms with Crippen molar-refractivity contribution in [2.45, 2.75) is 16.6 Å². The number of hydrogen-bond acceptors (Lipinski definition) is 3. The third kappa shape index (κ3) is 3.32. The molecule has 6 heteroatoms. The predicted molar refractivity (Wildman–Crippen MR) is 102 cm³/mol. The molecule has 0 bridgehead atoms. The van der Waals surface area contributed by atoms with Crippen LogP contribution >= 0.6 is 0 Å². The van der Waals surface area contributed by atoms with Gasteiger partial charge in [-0.2, -0.15) is 0 Å². The smallest absolute Gasteiger partial charge is 0.227 e. The van der Waals surface area contributed by atoms with Crippen LogP contribution in [0.15, 0.2) is 71.6 Å². The standard InChI is InChI=1S/C21H18FNO3S/c22-17-8-10-18(11-9-17)27(25,26)19-13-23(14-19)21(24)12-16-6-3-5-15-4-1-2-7-20(15)16/h1-11,19H,12-14H2. The first-order chi connectivity index (χ1) is 12.9. The SMILES string of the molecule is O=C(Cc1cccc2ccccc12)N1CC(S(=O)(=O)c2ccc(F)cc2)C1. The highest BCUT2D eigenvalue weighted by Gasteiger charge is 2.40. The van der Waals surface area contributed by atoms with Gasteiger partial charge in [-0.15, -0.1) is 0 Å². The number of likely N-dealkylation sites (tertiary alicyclic amines) is 1. The average molecular weight is 383 g/mol. The molecular formula is C21H18FNO3S. The first kappa shape index (κ1) is 17.7. The quantitative estimate of drug-likeness (QED) is 0.650. The van der Waals surface area contributed by atoms with Gasteiger partial charge < -0.3 is 4.90 Å². The molecule has 3 aromatic carbocycles. The Morgan fingerprint density at radius 1 is 0.963 bits per heavy atom. The number of carbonyl (C=O) groups is 1. The molecule has 1 amide bonds. The van der Waals surface area contributed by atoms with Gasteiger partial charge in [0.1, 0.15) is 11.1 Å². The van der Waals surface area contributed by atoms with Crippen molar-refractivity contribution < 1.29 is 17.6 Å². The van der Waals surface area contributed by atoms with E-state index in [1.807, 2.05) is 42.5 Å². The summed E-state index contributed by atoms with van der Waals surface area (Å²) < 4.78 is 38.1. The highest BCUT2D eigenvalue weighted by Crippen LogP contribution is 2.26. The van der Waals surface area contributed by atoms with Crippen molar-refractivity contribution >= 4 is 26.5 Å². The third-order valence-electron chi connectivity index (χ3n) is 5.00. The van der Waals surface area contributed by atoms with Crippen LogP contribution in [0.1, 0.15) is 5.56 Å². The fourth-order valence-electron chi connectivity index (χ4n) is 3.38. The van der Waals surface area contributed by atoms with E-state index in [-0.39, 0.29) is 30.3 Å². The minimum atomic E-state index is -3.55. The number of hydrogen-bond donors (Lipinski definition) is 0. The van der Waals surface area contributed by atoms with Crippen LogP contribution in [0.2, 0.25) is 0 Å². The Kier molecular flexibility index (Phi) is 4.44. The Hall–Kier alpha value is -2.73. The molecule has 0 atom stereocenters. The van der Waals surface area contributed by atoms with Crippen LogP contribution in [0.5, 0.6) is 0 Å². The lowest BCUT2D eigenvalue weighted by Gasteiger charge is -2.38. The molecular weight excluding hydrogens is 365 g/mol. The van der Waals surface area contributed by atoms with E-state index in [2.05, 4.69) is 0 Å². The van der Waals surface area contributed by atoms with E-state index >= 15 is 0 Å². The lowest BCUT2D eigenvalue weighted by atomic mass is 10.0. The molecule has 1 saturated heterocycles. The summed E-state index contributed by atoms with van der Waals surface area (Å²) in [6.45, 7) is 0.340. The zero-order valence-electron chi connectivity index (χ0n) is 14.5. The lowest BCUT2D eigenvalue weighted by Crippen LogP contribution is -2.57. The van der Waals surface area contributed by atoms with Gasteiger partial charge in [0, 0.05) is 13.1 Å². The van der Waals surface area contributed by atoms with Gasteiger partial charge in [0.15, 0.2) is 9.84 Å². The molecule has 0 unspecified atom stereocenters. The fraction of sp³-hybridized carbons (Fsp3) is 0.190. The van der Waals surface area contributed by atoms with E-state index in [1.165, 1.54) is 12.1 Å². The zero-order chi connectivity index (χ0) is 19.0. The minimum Gasteiger partial charge on any atom is -0.340 e. The molecule has 1 aliphatic rings. The number of sulfone groups is 1. The topological polar surface area (TPSA) is 54.5 Å². The second-order valence-corrected chi connectivity index (χ2v) is 8.96. The number of nitrogens with zero attached hydrogens (tertiary/aromatic N) is 1. The van der Waals surface area contributed by atoms with Crippen molar-refractivity contribution in [3.63, 3.8) is 0 Å². The number of benzene rings is 3. The van der Waals surface area contributed by atoms with Crippen LogP contribution in [0, 0.1) is 5.82 Å². The van der Waals surface area contributed by atoms with Crippen molar-refractivity contribution in [2.75, 3.05) is 13.1 Å².